The number of hydrogen-bond donors (Lipinski definition) is 1. The Morgan fingerprint density at radius 3 is 2.06 bits per heavy atom. The Balaban J connectivity index is 2.59. The van der Waals surface area contributed by atoms with E-state index in [2.05, 4.69) is 0 Å². The van der Waals surface area contributed by atoms with Crippen LogP contribution in [0.3, 0.4) is 0 Å². The molecule has 0 saturated heterocycles. The van der Waals surface area contributed by atoms with Gasteiger partial charge in [-0.25, -0.2) is 9.18 Å². The van der Waals surface area contributed by atoms with Gasteiger partial charge in [0.2, 0.25) is 0 Å². The zero-order valence-electron chi connectivity index (χ0n) is 8.95. The van der Waals surface area contributed by atoms with Crippen molar-refractivity contribution < 1.29 is 14.3 Å². The van der Waals surface area contributed by atoms with Crippen LogP contribution >= 0.6 is 23.2 Å². The third-order valence-corrected chi connectivity index (χ3v) is 2.78. The Hall–Kier alpha value is -1.58. The van der Waals surface area contributed by atoms with Gasteiger partial charge in [-0.05, 0) is 47.5 Å². The van der Waals surface area contributed by atoms with Gasteiger partial charge in [-0.2, -0.15) is 0 Å². The first-order valence-corrected chi connectivity index (χ1v) is 5.71. The number of benzene rings is 2. The molecule has 0 aliphatic carbocycles. The number of carboxylic acid groups (broad SMARTS) is 1. The van der Waals surface area contributed by atoms with Crippen molar-refractivity contribution in [3.63, 3.8) is 0 Å². The van der Waals surface area contributed by atoms with E-state index in [0.29, 0.717) is 21.2 Å². The highest BCUT2D eigenvalue weighted by Gasteiger charge is 2.09. The van der Waals surface area contributed by atoms with Crippen LogP contribution in [0.4, 0.5) is 4.39 Å². The minimum absolute atomic E-state index is 0.124. The molecule has 92 valence electrons. The molecule has 0 bridgehead atoms. The van der Waals surface area contributed by atoms with Gasteiger partial charge < -0.3 is 5.11 Å². The molecule has 0 heterocycles. The fourth-order valence-corrected chi connectivity index (χ4v) is 2.13. The van der Waals surface area contributed by atoms with Gasteiger partial charge in [0.1, 0.15) is 5.82 Å². The Labute approximate surface area is 113 Å². The highest BCUT2D eigenvalue weighted by molar-refractivity contribution is 6.35. The Bertz CT molecular complexity index is 606. The van der Waals surface area contributed by atoms with Gasteiger partial charge >= 0.3 is 5.97 Å². The van der Waals surface area contributed by atoms with Gasteiger partial charge in [0, 0.05) is 10.0 Å². The molecule has 0 aliphatic rings. The third-order valence-electron chi connectivity index (χ3n) is 2.34. The first-order valence-electron chi connectivity index (χ1n) is 4.96. The second kappa shape index (κ2) is 4.96. The van der Waals surface area contributed by atoms with Crippen LogP contribution in [0, 0.1) is 5.82 Å². The Morgan fingerprint density at radius 1 is 0.944 bits per heavy atom. The van der Waals surface area contributed by atoms with Crippen molar-refractivity contribution in [2.75, 3.05) is 0 Å². The van der Waals surface area contributed by atoms with Crippen LogP contribution in [0.1, 0.15) is 10.4 Å². The van der Waals surface area contributed by atoms with E-state index in [9.17, 15) is 9.18 Å². The SMILES string of the molecule is O=C(O)c1cc(F)cc(-c2cc(Cl)cc(Cl)c2)c1. The lowest BCUT2D eigenvalue weighted by molar-refractivity contribution is 0.0696. The van der Waals surface area contributed by atoms with E-state index in [-0.39, 0.29) is 5.56 Å². The number of carboxylic acids is 1. The lowest BCUT2D eigenvalue weighted by Gasteiger charge is -2.05. The van der Waals surface area contributed by atoms with Gasteiger partial charge in [-0.15, -0.1) is 0 Å². The van der Waals surface area contributed by atoms with Crippen LogP contribution in [0.15, 0.2) is 36.4 Å². The zero-order valence-corrected chi connectivity index (χ0v) is 10.5. The van der Waals surface area contributed by atoms with Gasteiger partial charge in [-0.3, -0.25) is 0 Å². The van der Waals surface area contributed by atoms with Crippen molar-refractivity contribution in [2.24, 2.45) is 0 Å². The van der Waals surface area contributed by atoms with Crippen molar-refractivity contribution in [3.05, 3.63) is 57.8 Å². The molecule has 0 aliphatic heterocycles. The summed E-state index contributed by atoms with van der Waals surface area (Å²) in [7, 11) is 0. The smallest absolute Gasteiger partial charge is 0.335 e. The first-order chi connectivity index (χ1) is 8.45. The second-order valence-electron chi connectivity index (χ2n) is 3.69. The van der Waals surface area contributed by atoms with Crippen molar-refractivity contribution in [1.82, 2.24) is 0 Å². The average molecular weight is 285 g/mol. The summed E-state index contributed by atoms with van der Waals surface area (Å²) in [6.45, 7) is 0. The van der Waals surface area contributed by atoms with Crippen molar-refractivity contribution >= 4 is 29.2 Å². The molecule has 0 spiro atoms. The second-order valence-corrected chi connectivity index (χ2v) is 4.56. The molecular weight excluding hydrogens is 278 g/mol. The zero-order chi connectivity index (χ0) is 13.3. The molecule has 0 aromatic heterocycles. The molecule has 5 heteroatoms. The monoisotopic (exact) mass is 284 g/mol. The molecule has 2 rings (SSSR count). The predicted octanol–water partition coefficient (Wildman–Crippen LogP) is 4.50. The number of rotatable bonds is 2. The largest absolute Gasteiger partial charge is 0.478 e. The molecule has 1 N–H and O–H groups in total. The van der Waals surface area contributed by atoms with Crippen LogP contribution in [-0.2, 0) is 0 Å². The van der Waals surface area contributed by atoms with Crippen LogP contribution < -0.4 is 0 Å². The van der Waals surface area contributed by atoms with Crippen molar-refractivity contribution in [2.45, 2.75) is 0 Å². The lowest BCUT2D eigenvalue weighted by atomic mass is 10.0. The molecular formula is C13H7Cl2FO2. The molecule has 0 amide bonds. The normalized spacial score (nSPS) is 10.4. The highest BCUT2D eigenvalue weighted by atomic mass is 35.5. The molecule has 0 unspecified atom stereocenters. The summed E-state index contributed by atoms with van der Waals surface area (Å²) < 4.78 is 13.3. The van der Waals surface area contributed by atoms with Gasteiger partial charge in [0.15, 0.2) is 0 Å². The van der Waals surface area contributed by atoms with Gasteiger partial charge in [0.25, 0.3) is 0 Å². The van der Waals surface area contributed by atoms with Crippen LogP contribution in [0.25, 0.3) is 11.1 Å². The molecule has 18 heavy (non-hydrogen) atoms. The average Bonchev–Trinajstić information content (AvgIpc) is 2.26. The molecule has 2 nitrogen and oxygen atoms in total. The third kappa shape index (κ3) is 2.81. The quantitative estimate of drug-likeness (QED) is 0.882. The molecule has 0 fully saturated rings. The summed E-state index contributed by atoms with van der Waals surface area (Å²) in [5.41, 5.74) is 0.854. The van der Waals surface area contributed by atoms with E-state index in [4.69, 9.17) is 28.3 Å². The molecule has 2 aromatic carbocycles. The Morgan fingerprint density at radius 2 is 1.50 bits per heavy atom. The van der Waals surface area contributed by atoms with Crippen molar-refractivity contribution in [1.29, 1.82) is 0 Å². The number of carbonyl (C=O) groups is 1. The van der Waals surface area contributed by atoms with E-state index in [1.54, 1.807) is 18.2 Å². The lowest BCUT2D eigenvalue weighted by Crippen LogP contribution is -1.97. The maximum atomic E-state index is 13.3. The maximum absolute atomic E-state index is 13.3. The summed E-state index contributed by atoms with van der Waals surface area (Å²) in [5, 5.41) is 9.67. The van der Waals surface area contributed by atoms with Crippen LogP contribution in [-0.4, -0.2) is 11.1 Å². The van der Waals surface area contributed by atoms with E-state index in [1.165, 1.54) is 12.1 Å². The maximum Gasteiger partial charge on any atom is 0.335 e. The van der Waals surface area contributed by atoms with Crippen LogP contribution in [0.2, 0.25) is 10.0 Å². The molecule has 0 atom stereocenters. The standard InChI is InChI=1S/C13H7Cl2FO2/c14-10-2-8(3-11(15)6-10)7-1-9(13(17)18)5-12(16)4-7/h1-6H,(H,17,18). The Kier molecular flexibility index (Phi) is 3.55. The molecule has 0 saturated carbocycles. The van der Waals surface area contributed by atoms with Gasteiger partial charge in [0.05, 0.1) is 5.56 Å². The van der Waals surface area contributed by atoms with E-state index < -0.39 is 11.8 Å². The number of halogens is 3. The summed E-state index contributed by atoms with van der Waals surface area (Å²) in [4.78, 5) is 10.9. The topological polar surface area (TPSA) is 37.3 Å². The predicted molar refractivity (Wildman–Crippen MR) is 68.8 cm³/mol. The first kappa shape index (κ1) is 12.9. The summed E-state index contributed by atoms with van der Waals surface area (Å²) in [6.07, 6.45) is 0. The summed E-state index contributed by atoms with van der Waals surface area (Å²) in [5.74, 6) is -1.81. The fraction of sp³-hybridized carbons (Fsp3) is 0. The minimum atomic E-state index is -1.19. The summed E-state index contributed by atoms with van der Waals surface area (Å²) >= 11 is 11.7. The van der Waals surface area contributed by atoms with E-state index in [1.807, 2.05) is 0 Å². The summed E-state index contributed by atoms with van der Waals surface area (Å²) in [6, 6.07) is 8.28. The van der Waals surface area contributed by atoms with Crippen molar-refractivity contribution in [3.8, 4) is 11.1 Å². The number of hydrogen-bond acceptors (Lipinski definition) is 1. The number of aromatic carboxylic acids is 1. The fourth-order valence-electron chi connectivity index (χ4n) is 1.60. The minimum Gasteiger partial charge on any atom is -0.478 e. The van der Waals surface area contributed by atoms with E-state index in [0.717, 1.165) is 6.07 Å². The van der Waals surface area contributed by atoms with E-state index >= 15 is 0 Å². The molecule has 2 aromatic rings. The highest BCUT2D eigenvalue weighted by Crippen LogP contribution is 2.28. The molecule has 0 radical (unpaired) electrons. The van der Waals surface area contributed by atoms with Crippen LogP contribution in [0.5, 0.6) is 0 Å². The van der Waals surface area contributed by atoms with Gasteiger partial charge in [-0.1, -0.05) is 23.2 Å².